The Kier molecular flexibility index (Phi) is 3.24. The Bertz CT molecular complexity index is 464. The van der Waals surface area contributed by atoms with E-state index in [1.807, 2.05) is 4.90 Å². The van der Waals surface area contributed by atoms with Gasteiger partial charge >= 0.3 is 5.97 Å². The highest BCUT2D eigenvalue weighted by atomic mass is 19.3. The average Bonchev–Trinajstić information content (AvgIpc) is 2.29. The lowest BCUT2D eigenvalue weighted by Crippen LogP contribution is -2.39. The van der Waals surface area contributed by atoms with Crippen molar-refractivity contribution < 1.29 is 18.7 Å². The molecule has 1 aliphatic rings. The summed E-state index contributed by atoms with van der Waals surface area (Å²) in [6, 6.07) is 4.96. The topological polar surface area (TPSA) is 40.5 Å². The van der Waals surface area contributed by atoms with Crippen molar-refractivity contribution in [1.29, 1.82) is 0 Å². The quantitative estimate of drug-likeness (QED) is 0.883. The van der Waals surface area contributed by atoms with Gasteiger partial charge < -0.3 is 10.0 Å². The first-order chi connectivity index (χ1) is 8.41. The molecule has 0 bridgehead atoms. The van der Waals surface area contributed by atoms with E-state index >= 15 is 0 Å². The Balaban J connectivity index is 2.25. The fourth-order valence-electron chi connectivity index (χ4n) is 2.27. The Hall–Kier alpha value is -1.65. The number of piperidine rings is 1. The van der Waals surface area contributed by atoms with Crippen molar-refractivity contribution in [2.24, 2.45) is 0 Å². The smallest absolute Gasteiger partial charge is 0.336 e. The number of carboxylic acid groups (broad SMARTS) is 1. The molecular formula is C13H15F2NO2. The Morgan fingerprint density at radius 3 is 2.50 bits per heavy atom. The molecule has 1 N–H and O–H groups in total. The molecule has 1 fully saturated rings. The van der Waals surface area contributed by atoms with E-state index in [2.05, 4.69) is 0 Å². The van der Waals surface area contributed by atoms with Crippen molar-refractivity contribution in [3.05, 3.63) is 29.3 Å². The number of hydrogen-bond donors (Lipinski definition) is 1. The molecule has 5 heteroatoms. The van der Waals surface area contributed by atoms with Gasteiger partial charge in [0.05, 0.1) is 5.56 Å². The molecular weight excluding hydrogens is 240 g/mol. The highest BCUT2D eigenvalue weighted by Crippen LogP contribution is 2.32. The summed E-state index contributed by atoms with van der Waals surface area (Å²) in [7, 11) is 0. The van der Waals surface area contributed by atoms with Crippen molar-refractivity contribution >= 4 is 11.7 Å². The summed E-state index contributed by atoms with van der Waals surface area (Å²) in [5.41, 5.74) is 1.60. The van der Waals surface area contributed by atoms with Crippen molar-refractivity contribution in [1.82, 2.24) is 0 Å². The minimum atomic E-state index is -2.59. The molecule has 1 aromatic carbocycles. The van der Waals surface area contributed by atoms with Crippen molar-refractivity contribution in [2.45, 2.75) is 25.7 Å². The van der Waals surface area contributed by atoms with Crippen molar-refractivity contribution in [3.63, 3.8) is 0 Å². The summed E-state index contributed by atoms with van der Waals surface area (Å²) in [6.45, 7) is 2.24. The molecule has 1 aromatic rings. The predicted octanol–water partition coefficient (Wildman–Crippen LogP) is 2.93. The SMILES string of the molecule is Cc1c(C(=O)O)cccc1N1CCC(F)(F)CC1. The zero-order valence-electron chi connectivity index (χ0n) is 10.1. The van der Waals surface area contributed by atoms with Crippen LogP contribution in [0.4, 0.5) is 14.5 Å². The molecule has 2 rings (SSSR count). The standard InChI is InChI=1S/C13H15F2NO2/c1-9-10(12(17)18)3-2-4-11(9)16-7-5-13(14,15)6-8-16/h2-4H,5-8H2,1H3,(H,17,18). The number of halogens is 2. The second kappa shape index (κ2) is 4.55. The van der Waals surface area contributed by atoms with Crippen molar-refractivity contribution in [2.75, 3.05) is 18.0 Å². The summed E-state index contributed by atoms with van der Waals surface area (Å²) < 4.78 is 26.2. The van der Waals surface area contributed by atoms with Gasteiger partial charge in [-0.15, -0.1) is 0 Å². The fraction of sp³-hybridized carbons (Fsp3) is 0.462. The number of anilines is 1. The molecule has 0 atom stereocenters. The van der Waals surface area contributed by atoms with E-state index in [4.69, 9.17) is 5.11 Å². The molecule has 0 aromatic heterocycles. The lowest BCUT2D eigenvalue weighted by Gasteiger charge is -2.34. The Morgan fingerprint density at radius 2 is 1.94 bits per heavy atom. The molecule has 0 saturated carbocycles. The van der Waals surface area contributed by atoms with E-state index in [-0.39, 0.29) is 31.5 Å². The van der Waals surface area contributed by atoms with Gasteiger partial charge in [0.1, 0.15) is 0 Å². The van der Waals surface area contributed by atoms with Gasteiger partial charge in [-0.2, -0.15) is 0 Å². The van der Waals surface area contributed by atoms with Gasteiger partial charge in [0.15, 0.2) is 0 Å². The molecule has 0 aliphatic carbocycles. The molecule has 1 saturated heterocycles. The lowest BCUT2D eigenvalue weighted by molar-refractivity contribution is -0.0220. The lowest BCUT2D eigenvalue weighted by atomic mass is 10.0. The number of alkyl halides is 2. The van der Waals surface area contributed by atoms with E-state index in [1.165, 1.54) is 6.07 Å². The van der Waals surface area contributed by atoms with Crippen LogP contribution in [0.2, 0.25) is 0 Å². The molecule has 98 valence electrons. The van der Waals surface area contributed by atoms with Crippen LogP contribution in [0, 0.1) is 6.92 Å². The van der Waals surface area contributed by atoms with Gasteiger partial charge in [-0.1, -0.05) is 6.07 Å². The molecule has 0 unspecified atom stereocenters. The van der Waals surface area contributed by atoms with Crippen LogP contribution < -0.4 is 4.90 Å². The molecule has 3 nitrogen and oxygen atoms in total. The van der Waals surface area contributed by atoms with Gasteiger partial charge in [0.25, 0.3) is 5.92 Å². The summed E-state index contributed by atoms with van der Waals surface area (Å²) in [4.78, 5) is 12.9. The third-order valence-electron chi connectivity index (χ3n) is 3.37. The first kappa shape index (κ1) is 12.8. The maximum absolute atomic E-state index is 13.1. The fourth-order valence-corrected chi connectivity index (χ4v) is 2.27. The van der Waals surface area contributed by atoms with Crippen LogP contribution in [0.15, 0.2) is 18.2 Å². The number of benzene rings is 1. The van der Waals surface area contributed by atoms with E-state index in [0.717, 1.165) is 5.69 Å². The highest BCUT2D eigenvalue weighted by molar-refractivity contribution is 5.91. The summed E-state index contributed by atoms with van der Waals surface area (Å²) in [5.74, 6) is -3.58. The molecule has 1 heterocycles. The van der Waals surface area contributed by atoms with Crippen molar-refractivity contribution in [3.8, 4) is 0 Å². The number of rotatable bonds is 2. The monoisotopic (exact) mass is 255 g/mol. The summed E-state index contributed by atoms with van der Waals surface area (Å²) in [6.07, 6.45) is -0.354. The molecule has 1 aliphatic heterocycles. The molecule has 0 radical (unpaired) electrons. The summed E-state index contributed by atoms with van der Waals surface area (Å²) in [5, 5.41) is 9.03. The van der Waals surface area contributed by atoms with Crippen LogP contribution in [-0.2, 0) is 0 Å². The van der Waals surface area contributed by atoms with Crippen LogP contribution in [-0.4, -0.2) is 30.1 Å². The predicted molar refractivity (Wildman–Crippen MR) is 64.5 cm³/mol. The summed E-state index contributed by atoms with van der Waals surface area (Å²) >= 11 is 0. The van der Waals surface area contributed by atoms with Crippen LogP contribution in [0.3, 0.4) is 0 Å². The van der Waals surface area contributed by atoms with Crippen LogP contribution in [0.5, 0.6) is 0 Å². The largest absolute Gasteiger partial charge is 0.478 e. The zero-order chi connectivity index (χ0) is 13.3. The van der Waals surface area contributed by atoms with Crippen LogP contribution in [0.25, 0.3) is 0 Å². The van der Waals surface area contributed by atoms with E-state index < -0.39 is 11.9 Å². The minimum Gasteiger partial charge on any atom is -0.478 e. The molecule has 18 heavy (non-hydrogen) atoms. The van der Waals surface area contributed by atoms with Gasteiger partial charge in [-0.05, 0) is 24.6 Å². The first-order valence-corrected chi connectivity index (χ1v) is 5.86. The number of carboxylic acids is 1. The Labute approximate surface area is 104 Å². The molecule has 0 spiro atoms. The number of carbonyl (C=O) groups is 1. The van der Waals surface area contributed by atoms with E-state index in [9.17, 15) is 13.6 Å². The third-order valence-corrected chi connectivity index (χ3v) is 3.37. The van der Waals surface area contributed by atoms with E-state index in [1.54, 1.807) is 19.1 Å². The second-order valence-corrected chi connectivity index (χ2v) is 4.60. The maximum Gasteiger partial charge on any atom is 0.336 e. The van der Waals surface area contributed by atoms with Gasteiger partial charge in [-0.25, -0.2) is 13.6 Å². The van der Waals surface area contributed by atoms with E-state index in [0.29, 0.717) is 5.56 Å². The first-order valence-electron chi connectivity index (χ1n) is 5.86. The number of nitrogens with zero attached hydrogens (tertiary/aromatic N) is 1. The normalized spacial score (nSPS) is 18.7. The minimum absolute atomic E-state index is 0.177. The van der Waals surface area contributed by atoms with Gasteiger partial charge in [0, 0.05) is 31.6 Å². The van der Waals surface area contributed by atoms with Gasteiger partial charge in [-0.3, -0.25) is 0 Å². The molecule has 0 amide bonds. The van der Waals surface area contributed by atoms with Crippen LogP contribution in [0.1, 0.15) is 28.8 Å². The maximum atomic E-state index is 13.1. The second-order valence-electron chi connectivity index (χ2n) is 4.60. The number of aromatic carboxylic acids is 1. The zero-order valence-corrected chi connectivity index (χ0v) is 10.1. The Morgan fingerprint density at radius 1 is 1.33 bits per heavy atom. The van der Waals surface area contributed by atoms with Crippen LogP contribution >= 0.6 is 0 Å². The number of hydrogen-bond acceptors (Lipinski definition) is 2. The average molecular weight is 255 g/mol. The van der Waals surface area contributed by atoms with Gasteiger partial charge in [0.2, 0.25) is 0 Å². The third kappa shape index (κ3) is 2.44. The highest BCUT2D eigenvalue weighted by Gasteiger charge is 2.34.